The van der Waals surface area contributed by atoms with Crippen molar-refractivity contribution in [1.82, 2.24) is 5.32 Å². The number of halogens is 2. The summed E-state index contributed by atoms with van der Waals surface area (Å²) in [6.07, 6.45) is 3.27. The normalized spacial score (nSPS) is 10.8. The highest BCUT2D eigenvalue weighted by Gasteiger charge is 2.02. The summed E-state index contributed by atoms with van der Waals surface area (Å²) in [6, 6.07) is 2.96. The van der Waals surface area contributed by atoms with E-state index in [1.165, 1.54) is 13.0 Å². The lowest BCUT2D eigenvalue weighted by atomic mass is 10.1. The maximum Gasteiger partial charge on any atom is 0.217 e. The van der Waals surface area contributed by atoms with Gasteiger partial charge in [0.25, 0.3) is 0 Å². The summed E-state index contributed by atoms with van der Waals surface area (Å²) in [5.41, 5.74) is 1.12. The van der Waals surface area contributed by atoms with Crippen molar-refractivity contribution >= 4 is 23.6 Å². The fourth-order valence-electron chi connectivity index (χ4n) is 1.18. The minimum absolute atomic E-state index is 0.118. The van der Waals surface area contributed by atoms with Crippen molar-refractivity contribution in [2.24, 2.45) is 0 Å². The Balaban J connectivity index is 2.73. The average Bonchev–Trinajstić information content (AvgIpc) is 2.19. The van der Waals surface area contributed by atoms with Gasteiger partial charge in [0.2, 0.25) is 5.91 Å². The molecule has 0 aliphatic heterocycles. The van der Waals surface area contributed by atoms with E-state index in [1.54, 1.807) is 25.1 Å². The van der Waals surface area contributed by atoms with Crippen molar-refractivity contribution in [2.45, 2.75) is 13.8 Å². The lowest BCUT2D eigenvalue weighted by Crippen LogP contribution is -2.19. The standard InChI is InChI=1S/C12H13ClFNO/c1-8-6-12(14)10(7-11(8)13)4-3-5-15-9(2)16/h3-4,6-7H,5H2,1-2H3,(H,15,16). The van der Waals surface area contributed by atoms with Crippen molar-refractivity contribution in [3.63, 3.8) is 0 Å². The molecule has 0 radical (unpaired) electrons. The van der Waals surface area contributed by atoms with Gasteiger partial charge in [-0.2, -0.15) is 0 Å². The van der Waals surface area contributed by atoms with Crippen molar-refractivity contribution in [3.05, 3.63) is 40.2 Å². The third-order valence-electron chi connectivity index (χ3n) is 2.04. The van der Waals surface area contributed by atoms with Crippen LogP contribution >= 0.6 is 11.6 Å². The minimum atomic E-state index is -0.319. The van der Waals surface area contributed by atoms with E-state index >= 15 is 0 Å². The van der Waals surface area contributed by atoms with E-state index in [2.05, 4.69) is 5.32 Å². The molecule has 0 aliphatic rings. The predicted octanol–water partition coefficient (Wildman–Crippen LogP) is 2.94. The van der Waals surface area contributed by atoms with Crippen molar-refractivity contribution in [2.75, 3.05) is 6.54 Å². The third kappa shape index (κ3) is 3.66. The van der Waals surface area contributed by atoms with E-state index in [4.69, 9.17) is 11.6 Å². The van der Waals surface area contributed by atoms with Gasteiger partial charge in [-0.15, -0.1) is 0 Å². The Bertz CT molecular complexity index is 429. The summed E-state index contributed by atoms with van der Waals surface area (Å²) >= 11 is 5.88. The monoisotopic (exact) mass is 241 g/mol. The molecule has 16 heavy (non-hydrogen) atoms. The number of carbonyl (C=O) groups is 1. The zero-order chi connectivity index (χ0) is 12.1. The summed E-state index contributed by atoms with van der Waals surface area (Å²) in [7, 11) is 0. The number of hydrogen-bond donors (Lipinski definition) is 1. The number of amides is 1. The lowest BCUT2D eigenvalue weighted by Gasteiger charge is -2.02. The Morgan fingerprint density at radius 3 is 2.88 bits per heavy atom. The van der Waals surface area contributed by atoms with E-state index in [1.807, 2.05) is 0 Å². The van der Waals surface area contributed by atoms with E-state index in [-0.39, 0.29) is 11.7 Å². The number of nitrogens with one attached hydrogen (secondary N) is 1. The molecule has 0 fully saturated rings. The lowest BCUT2D eigenvalue weighted by molar-refractivity contribution is -0.118. The van der Waals surface area contributed by atoms with Crippen LogP contribution in [0.3, 0.4) is 0 Å². The van der Waals surface area contributed by atoms with Crippen LogP contribution < -0.4 is 5.32 Å². The van der Waals surface area contributed by atoms with Crippen molar-refractivity contribution in [1.29, 1.82) is 0 Å². The summed E-state index contributed by atoms with van der Waals surface area (Å²) in [4.78, 5) is 10.6. The van der Waals surface area contributed by atoms with Crippen LogP contribution in [0.4, 0.5) is 4.39 Å². The molecule has 4 heteroatoms. The number of benzene rings is 1. The number of carbonyl (C=O) groups excluding carboxylic acids is 1. The Hall–Kier alpha value is -1.35. The third-order valence-corrected chi connectivity index (χ3v) is 2.45. The molecular formula is C12H13ClFNO. The number of aryl methyl sites for hydroxylation is 1. The molecule has 1 aromatic rings. The maximum absolute atomic E-state index is 13.4. The first-order chi connectivity index (χ1) is 7.50. The molecule has 2 nitrogen and oxygen atoms in total. The van der Waals surface area contributed by atoms with E-state index in [0.717, 1.165) is 0 Å². The molecule has 86 valence electrons. The first kappa shape index (κ1) is 12.7. The zero-order valence-electron chi connectivity index (χ0n) is 9.18. The Labute approximate surface area is 99.1 Å². The highest BCUT2D eigenvalue weighted by atomic mass is 35.5. The van der Waals surface area contributed by atoms with Crippen molar-refractivity contribution < 1.29 is 9.18 Å². The second-order valence-corrected chi connectivity index (χ2v) is 3.87. The molecule has 1 rings (SSSR count). The van der Waals surface area contributed by atoms with Crippen LogP contribution in [0.1, 0.15) is 18.1 Å². The molecule has 1 N–H and O–H groups in total. The highest BCUT2D eigenvalue weighted by molar-refractivity contribution is 6.31. The second-order valence-electron chi connectivity index (χ2n) is 3.46. The summed E-state index contributed by atoms with van der Waals surface area (Å²) in [5, 5.41) is 3.11. The van der Waals surface area contributed by atoms with Gasteiger partial charge in [0.1, 0.15) is 5.82 Å². The molecule has 0 unspecified atom stereocenters. The molecule has 0 atom stereocenters. The minimum Gasteiger partial charge on any atom is -0.353 e. The van der Waals surface area contributed by atoms with Gasteiger partial charge >= 0.3 is 0 Å². The summed E-state index contributed by atoms with van der Waals surface area (Å²) in [6.45, 7) is 3.55. The van der Waals surface area contributed by atoms with Gasteiger partial charge in [0.05, 0.1) is 0 Å². The molecule has 0 saturated heterocycles. The van der Waals surface area contributed by atoms with Gasteiger partial charge in [-0.05, 0) is 24.6 Å². The quantitative estimate of drug-likeness (QED) is 0.866. The van der Waals surface area contributed by atoms with Crippen LogP contribution in [-0.2, 0) is 4.79 Å². The van der Waals surface area contributed by atoms with Crippen LogP contribution in [0.15, 0.2) is 18.2 Å². The first-order valence-electron chi connectivity index (χ1n) is 4.87. The molecular weight excluding hydrogens is 229 g/mol. The highest BCUT2D eigenvalue weighted by Crippen LogP contribution is 2.20. The van der Waals surface area contributed by atoms with Gasteiger partial charge in [-0.25, -0.2) is 4.39 Å². The predicted molar refractivity (Wildman–Crippen MR) is 63.9 cm³/mol. The van der Waals surface area contributed by atoms with Crippen LogP contribution in [0.5, 0.6) is 0 Å². The average molecular weight is 242 g/mol. The van der Waals surface area contributed by atoms with Gasteiger partial charge in [0, 0.05) is 24.1 Å². The Kier molecular flexibility index (Phi) is 4.50. The largest absolute Gasteiger partial charge is 0.353 e. The van der Waals surface area contributed by atoms with Crippen LogP contribution in [0, 0.1) is 12.7 Å². The molecule has 0 heterocycles. The SMILES string of the molecule is CC(=O)NCC=Cc1cc(Cl)c(C)cc1F. The van der Waals surface area contributed by atoms with Crippen LogP contribution in [0.2, 0.25) is 5.02 Å². The fourth-order valence-corrected chi connectivity index (χ4v) is 1.35. The van der Waals surface area contributed by atoms with Gasteiger partial charge in [-0.1, -0.05) is 23.8 Å². The summed E-state index contributed by atoms with van der Waals surface area (Å²) in [5.74, 6) is -0.437. The summed E-state index contributed by atoms with van der Waals surface area (Å²) < 4.78 is 13.4. The van der Waals surface area contributed by atoms with Gasteiger partial charge in [-0.3, -0.25) is 4.79 Å². The smallest absolute Gasteiger partial charge is 0.217 e. The Morgan fingerprint density at radius 2 is 2.25 bits per heavy atom. The molecule has 0 spiro atoms. The molecule has 0 aromatic heterocycles. The van der Waals surface area contributed by atoms with E-state index in [0.29, 0.717) is 22.7 Å². The molecule has 1 aromatic carbocycles. The van der Waals surface area contributed by atoms with Gasteiger partial charge in [0.15, 0.2) is 0 Å². The van der Waals surface area contributed by atoms with Crippen LogP contribution in [0.25, 0.3) is 6.08 Å². The van der Waals surface area contributed by atoms with E-state index < -0.39 is 0 Å². The molecule has 1 amide bonds. The molecule has 0 saturated carbocycles. The zero-order valence-corrected chi connectivity index (χ0v) is 9.94. The van der Waals surface area contributed by atoms with E-state index in [9.17, 15) is 9.18 Å². The topological polar surface area (TPSA) is 29.1 Å². The Morgan fingerprint density at radius 1 is 1.56 bits per heavy atom. The fraction of sp³-hybridized carbons (Fsp3) is 0.250. The first-order valence-corrected chi connectivity index (χ1v) is 5.25. The van der Waals surface area contributed by atoms with Gasteiger partial charge < -0.3 is 5.32 Å². The molecule has 0 aliphatic carbocycles. The van der Waals surface area contributed by atoms with Crippen molar-refractivity contribution in [3.8, 4) is 0 Å². The second kappa shape index (κ2) is 5.66. The maximum atomic E-state index is 13.4. The molecule has 0 bridgehead atoms. The van der Waals surface area contributed by atoms with Crippen LogP contribution in [-0.4, -0.2) is 12.5 Å². The number of rotatable bonds is 3. The number of hydrogen-bond acceptors (Lipinski definition) is 1.